The molecule has 0 saturated carbocycles. The zero-order valence-electron chi connectivity index (χ0n) is 30.1. The van der Waals surface area contributed by atoms with Crippen molar-refractivity contribution in [3.8, 4) is 5.75 Å². The van der Waals surface area contributed by atoms with Crippen LogP contribution in [0.1, 0.15) is 68.7 Å². The van der Waals surface area contributed by atoms with Gasteiger partial charge in [0.1, 0.15) is 12.1 Å². The third kappa shape index (κ3) is 14.1. The first-order chi connectivity index (χ1) is 27.0. The van der Waals surface area contributed by atoms with Crippen LogP contribution >= 0.6 is 0 Å². The van der Waals surface area contributed by atoms with Crippen molar-refractivity contribution in [3.63, 3.8) is 0 Å². The van der Waals surface area contributed by atoms with Crippen LogP contribution in [0, 0.1) is 30.2 Å². The van der Waals surface area contributed by atoms with E-state index in [1.807, 2.05) is 13.0 Å². The van der Waals surface area contributed by atoms with Gasteiger partial charge in [0.05, 0.1) is 18.7 Å². The molecule has 57 heavy (non-hydrogen) atoms. The van der Waals surface area contributed by atoms with Crippen molar-refractivity contribution in [2.75, 3.05) is 19.6 Å². The van der Waals surface area contributed by atoms with Gasteiger partial charge in [0, 0.05) is 30.2 Å². The van der Waals surface area contributed by atoms with Gasteiger partial charge in [-0.3, -0.25) is 28.8 Å². The van der Waals surface area contributed by atoms with Gasteiger partial charge in [0.2, 0.25) is 35.1 Å². The lowest BCUT2D eigenvalue weighted by atomic mass is 10.1. The Morgan fingerprint density at radius 1 is 0.667 bits per heavy atom. The summed E-state index contributed by atoms with van der Waals surface area (Å²) in [4.78, 5) is 98.3. The van der Waals surface area contributed by atoms with Gasteiger partial charge >= 0.3 is 17.9 Å². The lowest BCUT2D eigenvalue weighted by Gasteiger charge is -2.19. The van der Waals surface area contributed by atoms with E-state index in [0.717, 1.165) is 29.8 Å². The Bertz CT molecular complexity index is 2010. The van der Waals surface area contributed by atoms with Crippen LogP contribution in [0.2, 0.25) is 0 Å². The van der Waals surface area contributed by atoms with Gasteiger partial charge in [0.25, 0.3) is 11.8 Å². The van der Waals surface area contributed by atoms with E-state index in [2.05, 4.69) is 31.3 Å². The van der Waals surface area contributed by atoms with Crippen molar-refractivity contribution in [1.82, 2.24) is 26.6 Å². The second-order valence-corrected chi connectivity index (χ2v) is 12.3. The van der Waals surface area contributed by atoms with Crippen molar-refractivity contribution in [3.05, 3.63) is 100 Å². The fourth-order valence-corrected chi connectivity index (χ4v) is 4.98. The first-order valence-corrected chi connectivity index (χ1v) is 17.1. The molecule has 304 valence electrons. The average molecular weight is 804 g/mol. The van der Waals surface area contributed by atoms with Gasteiger partial charge in [-0.1, -0.05) is 23.8 Å². The number of unbranched alkanes of at least 4 members (excludes halogenated alkanes) is 1. The van der Waals surface area contributed by atoms with Crippen LogP contribution in [0.15, 0.2) is 54.6 Å². The lowest BCUT2D eigenvalue weighted by molar-refractivity contribution is -0.142. The van der Waals surface area contributed by atoms with E-state index in [4.69, 9.17) is 5.11 Å². The molecule has 0 aliphatic carbocycles. The fraction of sp³-hybridized carbons (Fsp3) is 0.297. The number of rotatable bonds is 20. The van der Waals surface area contributed by atoms with Crippen molar-refractivity contribution >= 4 is 47.4 Å². The number of carbonyl (C=O) groups excluding carboxylic acids is 6. The lowest BCUT2D eigenvalue weighted by Crippen LogP contribution is -2.52. The summed E-state index contributed by atoms with van der Waals surface area (Å²) in [7, 11) is 0. The van der Waals surface area contributed by atoms with Gasteiger partial charge < -0.3 is 41.5 Å². The Labute approximate surface area is 321 Å². The number of halogens is 4. The molecule has 0 aliphatic rings. The maximum absolute atomic E-state index is 13.9. The Morgan fingerprint density at radius 3 is 1.84 bits per heavy atom. The predicted octanol–water partition coefficient (Wildman–Crippen LogP) is 2.14. The molecule has 0 aliphatic heterocycles. The standard InChI is InChI=1S/C37H37F4N5O11/c1-19-6-4-7-20(14-19)33(51)42-13-3-2-10-26(36(54)55)46-28(48)18-44-35(53)25(11-12-29(49)50)45-27(47)17-43-34(52)21-8-5-9-22(15-21)37(56)57-32-30(40)23(38)16-24(39)31(32)41/h4-9,14-16,25-26H,2-3,10-13,17-18H2,1H3,(H,42,51)(H,43,52)(H,44,53)(H,45,47)(H,46,48)(H,49,50)(H,54,55)/t25-,26?/m1/s1. The number of hydrogen-bond donors (Lipinski definition) is 7. The highest BCUT2D eigenvalue weighted by molar-refractivity contribution is 6.00. The molecule has 16 nitrogen and oxygen atoms in total. The molecule has 5 amide bonds. The molecule has 20 heteroatoms. The number of hydrogen-bond acceptors (Lipinski definition) is 9. The normalized spacial score (nSPS) is 11.7. The zero-order chi connectivity index (χ0) is 42.2. The monoisotopic (exact) mass is 803 g/mol. The quantitative estimate of drug-likeness (QED) is 0.0287. The van der Waals surface area contributed by atoms with E-state index in [-0.39, 0.29) is 30.5 Å². The Balaban J connectivity index is 1.49. The number of ether oxygens (including phenoxy) is 1. The summed E-state index contributed by atoms with van der Waals surface area (Å²) >= 11 is 0. The summed E-state index contributed by atoms with van der Waals surface area (Å²) in [5.74, 6) is -17.7. The Kier molecular flexibility index (Phi) is 16.6. The molecule has 0 spiro atoms. The van der Waals surface area contributed by atoms with Gasteiger partial charge in [-0.2, -0.15) is 8.78 Å². The molecule has 3 aromatic carbocycles. The van der Waals surface area contributed by atoms with Crippen molar-refractivity contribution in [2.24, 2.45) is 0 Å². The van der Waals surface area contributed by atoms with Gasteiger partial charge in [-0.15, -0.1) is 0 Å². The summed E-state index contributed by atoms with van der Waals surface area (Å²) in [5, 5.41) is 30.2. The molecule has 0 bridgehead atoms. The largest absolute Gasteiger partial charge is 0.481 e. The second kappa shape index (κ2) is 21.3. The third-order valence-corrected chi connectivity index (χ3v) is 7.88. The van der Waals surface area contributed by atoms with Crippen molar-refractivity contribution in [1.29, 1.82) is 0 Å². The number of carboxylic acids is 2. The van der Waals surface area contributed by atoms with Crippen molar-refractivity contribution < 1.29 is 70.9 Å². The van der Waals surface area contributed by atoms with Crippen LogP contribution < -0.4 is 31.3 Å². The summed E-state index contributed by atoms with van der Waals surface area (Å²) in [6.45, 7) is 0.526. The molecule has 0 aromatic heterocycles. The molecule has 1 unspecified atom stereocenters. The number of benzene rings is 3. The highest BCUT2D eigenvalue weighted by Gasteiger charge is 2.26. The van der Waals surface area contributed by atoms with Crippen LogP contribution in [-0.2, 0) is 24.0 Å². The Morgan fingerprint density at radius 2 is 1.23 bits per heavy atom. The maximum atomic E-state index is 13.9. The smallest absolute Gasteiger partial charge is 0.343 e. The van der Waals surface area contributed by atoms with Crippen LogP contribution in [-0.4, -0.2) is 89.4 Å². The highest BCUT2D eigenvalue weighted by atomic mass is 19.2. The molecule has 7 N–H and O–H groups in total. The minimum Gasteiger partial charge on any atom is -0.481 e. The first kappa shape index (κ1) is 44.5. The number of aryl methyl sites for hydroxylation is 1. The third-order valence-electron chi connectivity index (χ3n) is 7.88. The van der Waals surface area contributed by atoms with E-state index in [1.54, 1.807) is 18.2 Å². The topological polar surface area (TPSA) is 246 Å². The molecule has 3 rings (SSSR count). The molecular formula is C37H37F4N5O11. The summed E-state index contributed by atoms with van der Waals surface area (Å²) in [6.07, 6.45) is -0.379. The highest BCUT2D eigenvalue weighted by Crippen LogP contribution is 2.27. The van der Waals surface area contributed by atoms with Gasteiger partial charge in [0.15, 0.2) is 11.6 Å². The van der Waals surface area contributed by atoms with Crippen LogP contribution in [0.5, 0.6) is 5.75 Å². The van der Waals surface area contributed by atoms with Gasteiger partial charge in [-0.25, -0.2) is 18.4 Å². The molecule has 2 atom stereocenters. The summed E-state index contributed by atoms with van der Waals surface area (Å²) in [5.41, 5.74) is 0.595. The number of carbonyl (C=O) groups is 8. The van der Waals surface area contributed by atoms with Crippen LogP contribution in [0.4, 0.5) is 17.6 Å². The first-order valence-electron chi connectivity index (χ1n) is 17.1. The van der Waals surface area contributed by atoms with E-state index < -0.39 is 114 Å². The zero-order valence-corrected chi connectivity index (χ0v) is 30.1. The molecule has 0 radical (unpaired) electrons. The molecule has 0 heterocycles. The SMILES string of the molecule is Cc1cccc(C(=O)NCCCCC(NC(=O)CNC(=O)[C@@H](CCC(=O)O)NC(=O)CNC(=O)c2cccc(C(=O)Oc3c(F)c(F)cc(F)c3F)c2)C(=O)O)c1. The number of carboxylic acid groups (broad SMARTS) is 2. The van der Waals surface area contributed by atoms with E-state index in [9.17, 15) is 61.0 Å². The second-order valence-electron chi connectivity index (χ2n) is 12.3. The summed E-state index contributed by atoms with van der Waals surface area (Å²) < 4.78 is 59.3. The predicted molar refractivity (Wildman–Crippen MR) is 189 cm³/mol. The molecular weight excluding hydrogens is 766 g/mol. The average Bonchev–Trinajstić information content (AvgIpc) is 3.17. The van der Waals surface area contributed by atoms with Gasteiger partial charge in [-0.05, 0) is 62.9 Å². The number of aliphatic carboxylic acids is 2. The number of esters is 1. The minimum absolute atomic E-state index is 0.0111. The maximum Gasteiger partial charge on any atom is 0.343 e. The van der Waals surface area contributed by atoms with Crippen LogP contribution in [0.3, 0.4) is 0 Å². The summed E-state index contributed by atoms with van der Waals surface area (Å²) in [6, 6.07) is 8.18. The van der Waals surface area contributed by atoms with E-state index in [1.165, 1.54) is 0 Å². The van der Waals surface area contributed by atoms with Crippen LogP contribution in [0.25, 0.3) is 0 Å². The molecule has 0 fully saturated rings. The number of nitrogens with one attached hydrogen (secondary N) is 5. The van der Waals surface area contributed by atoms with E-state index in [0.29, 0.717) is 18.4 Å². The fourth-order valence-electron chi connectivity index (χ4n) is 4.98. The number of amides is 5. The Hall–Kier alpha value is -6.86. The molecule has 3 aromatic rings. The molecule has 0 saturated heterocycles. The van der Waals surface area contributed by atoms with Crippen molar-refractivity contribution in [2.45, 2.75) is 51.1 Å². The van der Waals surface area contributed by atoms with E-state index >= 15 is 0 Å². The minimum atomic E-state index is -1.98.